The van der Waals surface area contributed by atoms with Crippen LogP contribution in [0.5, 0.6) is 23.0 Å². The number of amides is 4. The molecule has 1 aliphatic rings. The van der Waals surface area contributed by atoms with Crippen LogP contribution in [0.3, 0.4) is 0 Å². The molecular formula is C27H21ClN4O10. The number of nitrogens with one attached hydrogen (secondary N) is 1. The first kappa shape index (κ1) is 29.5. The Morgan fingerprint density at radius 2 is 1.60 bits per heavy atom. The van der Waals surface area contributed by atoms with Gasteiger partial charge in [0, 0.05) is 6.07 Å². The van der Waals surface area contributed by atoms with Gasteiger partial charge in [-0.1, -0.05) is 11.6 Å². The molecule has 15 heteroatoms. The molecule has 4 rings (SSSR count). The zero-order chi connectivity index (χ0) is 30.6. The molecule has 216 valence electrons. The Morgan fingerprint density at radius 1 is 0.905 bits per heavy atom. The standard InChI is InChI=1S/C27H21ClN4O10/c1-3-40-18-8-5-16(6-9-18)30-26(34)19(25(33)29-27(30)35)11-15-12-20(28)24(23(13-15)41-4-2)42-22-10-7-17(31(36)37)14-21(22)32(38)39/h5-14H,3-4H2,1-2H3,(H,29,33,35)/b19-11+. The zero-order valence-corrected chi connectivity index (χ0v) is 22.7. The highest BCUT2D eigenvalue weighted by molar-refractivity contribution is 6.39. The third kappa shape index (κ3) is 6.13. The van der Waals surface area contributed by atoms with E-state index in [1.807, 2.05) is 0 Å². The van der Waals surface area contributed by atoms with Crippen LogP contribution in [0.15, 0.2) is 60.2 Å². The van der Waals surface area contributed by atoms with Crippen LogP contribution in [0.25, 0.3) is 6.08 Å². The number of halogens is 1. The Kier molecular flexibility index (Phi) is 8.67. The Balaban J connectivity index is 1.71. The topological polar surface area (TPSA) is 180 Å². The van der Waals surface area contributed by atoms with Crippen LogP contribution in [0.2, 0.25) is 5.02 Å². The number of hydrogen-bond donors (Lipinski definition) is 1. The van der Waals surface area contributed by atoms with Crippen molar-refractivity contribution in [2.24, 2.45) is 0 Å². The summed E-state index contributed by atoms with van der Waals surface area (Å²) in [5.74, 6) is -1.81. The molecule has 0 aliphatic carbocycles. The van der Waals surface area contributed by atoms with Gasteiger partial charge in [0.05, 0.1) is 39.8 Å². The Morgan fingerprint density at radius 3 is 2.21 bits per heavy atom. The van der Waals surface area contributed by atoms with Crippen LogP contribution in [0, 0.1) is 20.2 Å². The molecule has 1 saturated heterocycles. The molecule has 3 aromatic carbocycles. The lowest BCUT2D eigenvalue weighted by Crippen LogP contribution is -2.54. The van der Waals surface area contributed by atoms with Crippen LogP contribution >= 0.6 is 11.6 Å². The first-order valence-corrected chi connectivity index (χ1v) is 12.6. The summed E-state index contributed by atoms with van der Waals surface area (Å²) >= 11 is 6.44. The maximum Gasteiger partial charge on any atom is 0.335 e. The number of rotatable bonds is 10. The Bertz CT molecular complexity index is 1640. The first-order valence-electron chi connectivity index (χ1n) is 12.2. The summed E-state index contributed by atoms with van der Waals surface area (Å²) in [6, 6.07) is 10.7. The zero-order valence-electron chi connectivity index (χ0n) is 22.0. The molecule has 0 saturated carbocycles. The minimum absolute atomic E-state index is 0.00684. The van der Waals surface area contributed by atoms with E-state index in [2.05, 4.69) is 5.32 Å². The summed E-state index contributed by atoms with van der Waals surface area (Å²) in [6.45, 7) is 3.98. The van der Waals surface area contributed by atoms with Gasteiger partial charge in [0.2, 0.25) is 5.75 Å². The summed E-state index contributed by atoms with van der Waals surface area (Å²) in [4.78, 5) is 60.2. The van der Waals surface area contributed by atoms with Crippen molar-refractivity contribution in [3.05, 3.63) is 91.0 Å². The molecule has 42 heavy (non-hydrogen) atoms. The van der Waals surface area contributed by atoms with Crippen LogP contribution < -0.4 is 24.4 Å². The van der Waals surface area contributed by atoms with E-state index in [1.165, 1.54) is 30.3 Å². The van der Waals surface area contributed by atoms with E-state index < -0.39 is 39.1 Å². The maximum atomic E-state index is 13.3. The molecule has 1 aliphatic heterocycles. The van der Waals surface area contributed by atoms with Gasteiger partial charge in [-0.3, -0.25) is 35.1 Å². The number of hydrogen-bond acceptors (Lipinski definition) is 10. The number of imide groups is 2. The van der Waals surface area contributed by atoms with Gasteiger partial charge < -0.3 is 14.2 Å². The summed E-state index contributed by atoms with van der Waals surface area (Å²) in [5, 5.41) is 24.6. The number of non-ortho nitro benzene ring substituents is 1. The highest BCUT2D eigenvalue weighted by Crippen LogP contribution is 2.43. The van der Waals surface area contributed by atoms with Crippen LogP contribution in [-0.2, 0) is 9.59 Å². The predicted molar refractivity (Wildman–Crippen MR) is 149 cm³/mol. The van der Waals surface area contributed by atoms with Crippen molar-refractivity contribution < 1.29 is 38.4 Å². The second kappa shape index (κ2) is 12.3. The fraction of sp³-hybridized carbons (Fsp3) is 0.148. The number of anilines is 1. The lowest BCUT2D eigenvalue weighted by molar-refractivity contribution is -0.394. The van der Waals surface area contributed by atoms with Crippen LogP contribution in [0.4, 0.5) is 21.9 Å². The van der Waals surface area contributed by atoms with Gasteiger partial charge in [-0.05, 0) is 68.0 Å². The summed E-state index contributed by atoms with van der Waals surface area (Å²) < 4.78 is 16.6. The van der Waals surface area contributed by atoms with Crippen molar-refractivity contribution in [3.8, 4) is 23.0 Å². The SMILES string of the molecule is CCOc1ccc(N2C(=O)NC(=O)/C(=C\c3cc(Cl)c(Oc4ccc([N+](=O)[O-])cc4[N+](=O)[O-])c(OCC)c3)C2=O)cc1. The summed E-state index contributed by atoms with van der Waals surface area (Å²) in [6.07, 6.45) is 1.19. The first-order chi connectivity index (χ1) is 20.0. The lowest BCUT2D eigenvalue weighted by atomic mass is 10.1. The minimum atomic E-state index is -0.942. The number of barbiturate groups is 1. The molecule has 0 spiro atoms. The van der Waals surface area contributed by atoms with Crippen LogP contribution in [-0.4, -0.2) is 40.9 Å². The molecule has 14 nitrogen and oxygen atoms in total. The van der Waals surface area contributed by atoms with Gasteiger partial charge in [-0.25, -0.2) is 9.69 Å². The fourth-order valence-corrected chi connectivity index (χ4v) is 4.17. The highest BCUT2D eigenvalue weighted by Gasteiger charge is 2.37. The molecular weight excluding hydrogens is 576 g/mol. The van der Waals surface area contributed by atoms with E-state index >= 15 is 0 Å². The predicted octanol–water partition coefficient (Wildman–Crippen LogP) is 5.41. The average Bonchev–Trinajstić information content (AvgIpc) is 2.94. The molecule has 0 aromatic heterocycles. The molecule has 1 heterocycles. The highest BCUT2D eigenvalue weighted by atomic mass is 35.5. The lowest BCUT2D eigenvalue weighted by Gasteiger charge is -2.26. The van der Waals surface area contributed by atoms with Crippen molar-refractivity contribution in [3.63, 3.8) is 0 Å². The smallest absolute Gasteiger partial charge is 0.335 e. The average molecular weight is 597 g/mol. The van der Waals surface area contributed by atoms with E-state index in [1.54, 1.807) is 26.0 Å². The van der Waals surface area contributed by atoms with Crippen molar-refractivity contribution >= 4 is 52.6 Å². The van der Waals surface area contributed by atoms with E-state index in [0.717, 1.165) is 23.1 Å². The molecule has 4 amide bonds. The quantitative estimate of drug-likeness (QED) is 0.137. The van der Waals surface area contributed by atoms with Gasteiger partial charge >= 0.3 is 11.7 Å². The third-order valence-corrected chi connectivity index (χ3v) is 5.99. The number of carbonyl (C=O) groups excluding carboxylic acids is 3. The van der Waals surface area contributed by atoms with Gasteiger partial charge in [0.1, 0.15) is 11.3 Å². The molecule has 1 fully saturated rings. The Labute approximate surface area is 242 Å². The van der Waals surface area contributed by atoms with E-state index in [9.17, 15) is 34.6 Å². The number of urea groups is 1. The number of nitro groups is 2. The van der Waals surface area contributed by atoms with E-state index in [-0.39, 0.29) is 45.7 Å². The number of nitrogens with zero attached hydrogens (tertiary/aromatic N) is 3. The monoisotopic (exact) mass is 596 g/mol. The van der Waals surface area contributed by atoms with Crippen molar-refractivity contribution in [1.29, 1.82) is 0 Å². The summed E-state index contributed by atoms with van der Waals surface area (Å²) in [7, 11) is 0. The van der Waals surface area contributed by atoms with Crippen molar-refractivity contribution in [2.45, 2.75) is 13.8 Å². The van der Waals surface area contributed by atoms with E-state index in [4.69, 9.17) is 25.8 Å². The third-order valence-electron chi connectivity index (χ3n) is 5.71. The molecule has 1 N–H and O–H groups in total. The largest absolute Gasteiger partial charge is 0.494 e. The number of benzene rings is 3. The van der Waals surface area contributed by atoms with Crippen molar-refractivity contribution in [2.75, 3.05) is 18.1 Å². The summed E-state index contributed by atoms with van der Waals surface area (Å²) in [5.41, 5.74) is -1.19. The van der Waals surface area contributed by atoms with Crippen molar-refractivity contribution in [1.82, 2.24) is 5.32 Å². The van der Waals surface area contributed by atoms with Crippen LogP contribution in [0.1, 0.15) is 19.4 Å². The second-order valence-electron chi connectivity index (χ2n) is 8.42. The van der Waals surface area contributed by atoms with E-state index in [0.29, 0.717) is 12.4 Å². The Hall–Kier alpha value is -5.50. The molecule has 0 radical (unpaired) electrons. The normalized spacial score (nSPS) is 14.0. The van der Waals surface area contributed by atoms with Gasteiger partial charge in [0.15, 0.2) is 11.5 Å². The number of ether oxygens (including phenoxy) is 3. The number of nitro benzene ring substituents is 2. The minimum Gasteiger partial charge on any atom is -0.494 e. The molecule has 0 atom stereocenters. The van der Waals surface area contributed by atoms with Gasteiger partial charge in [-0.15, -0.1) is 0 Å². The number of carbonyl (C=O) groups is 3. The van der Waals surface area contributed by atoms with Gasteiger partial charge in [0.25, 0.3) is 17.5 Å². The fourth-order valence-electron chi connectivity index (χ4n) is 3.91. The molecule has 0 bridgehead atoms. The maximum absolute atomic E-state index is 13.3. The second-order valence-corrected chi connectivity index (χ2v) is 8.82. The molecule has 0 unspecified atom stereocenters. The van der Waals surface area contributed by atoms with Gasteiger partial charge in [-0.2, -0.15) is 0 Å². The molecule has 3 aromatic rings.